The minimum Gasteiger partial charge on any atom is -0.324 e. The molecular formula is C15H15F2NS. The molecule has 0 aliphatic rings. The van der Waals surface area contributed by atoms with Crippen molar-refractivity contribution in [2.45, 2.75) is 29.2 Å². The second-order valence-electron chi connectivity index (χ2n) is 4.26. The highest BCUT2D eigenvalue weighted by Crippen LogP contribution is 2.30. The molecule has 0 spiro atoms. The third kappa shape index (κ3) is 3.55. The number of benzene rings is 2. The van der Waals surface area contributed by atoms with Gasteiger partial charge in [-0.25, -0.2) is 8.78 Å². The molecule has 0 saturated carbocycles. The van der Waals surface area contributed by atoms with Crippen molar-refractivity contribution in [1.29, 1.82) is 0 Å². The molecule has 0 bridgehead atoms. The second-order valence-corrected chi connectivity index (χ2v) is 5.38. The van der Waals surface area contributed by atoms with Crippen molar-refractivity contribution in [3.05, 3.63) is 59.7 Å². The van der Waals surface area contributed by atoms with Crippen LogP contribution in [0.4, 0.5) is 8.78 Å². The first-order valence-corrected chi connectivity index (χ1v) is 6.90. The molecule has 0 aliphatic heterocycles. The van der Waals surface area contributed by atoms with E-state index in [0.717, 1.165) is 22.9 Å². The first kappa shape index (κ1) is 14.0. The summed E-state index contributed by atoms with van der Waals surface area (Å²) in [6.45, 7) is 2.03. The molecule has 0 radical (unpaired) electrons. The molecule has 0 heterocycles. The maximum absolute atomic E-state index is 13.5. The summed E-state index contributed by atoms with van der Waals surface area (Å²) in [4.78, 5) is 1.31. The molecule has 2 N–H and O–H groups in total. The Morgan fingerprint density at radius 2 is 1.79 bits per heavy atom. The fourth-order valence-corrected chi connectivity index (χ4v) is 2.52. The van der Waals surface area contributed by atoms with Crippen LogP contribution in [0, 0.1) is 11.6 Å². The monoisotopic (exact) mass is 279 g/mol. The molecule has 100 valence electrons. The van der Waals surface area contributed by atoms with E-state index in [1.54, 1.807) is 0 Å². The third-order valence-corrected chi connectivity index (χ3v) is 3.93. The average molecular weight is 279 g/mol. The summed E-state index contributed by atoms with van der Waals surface area (Å²) >= 11 is 1.27. The van der Waals surface area contributed by atoms with Gasteiger partial charge >= 0.3 is 0 Å². The second kappa shape index (κ2) is 6.17. The quantitative estimate of drug-likeness (QED) is 0.890. The fraction of sp³-hybridized carbons (Fsp3) is 0.200. The number of hydrogen-bond donors (Lipinski definition) is 1. The van der Waals surface area contributed by atoms with Crippen LogP contribution in [0.15, 0.2) is 52.3 Å². The van der Waals surface area contributed by atoms with Crippen LogP contribution in [0.25, 0.3) is 0 Å². The molecule has 1 atom stereocenters. The molecule has 0 saturated heterocycles. The predicted molar refractivity (Wildman–Crippen MR) is 74.1 cm³/mol. The molecule has 4 heteroatoms. The van der Waals surface area contributed by atoms with E-state index < -0.39 is 11.6 Å². The number of rotatable bonds is 4. The van der Waals surface area contributed by atoms with E-state index in [1.165, 1.54) is 23.9 Å². The molecule has 0 unspecified atom stereocenters. The van der Waals surface area contributed by atoms with Gasteiger partial charge in [-0.1, -0.05) is 30.8 Å². The molecule has 2 aromatic rings. The lowest BCUT2D eigenvalue weighted by Crippen LogP contribution is -2.07. The number of halogens is 2. The topological polar surface area (TPSA) is 26.0 Å². The summed E-state index contributed by atoms with van der Waals surface area (Å²) in [7, 11) is 0. The van der Waals surface area contributed by atoms with Crippen molar-refractivity contribution >= 4 is 11.8 Å². The molecule has 1 nitrogen and oxygen atoms in total. The van der Waals surface area contributed by atoms with Crippen LogP contribution in [0.3, 0.4) is 0 Å². The van der Waals surface area contributed by atoms with Crippen LogP contribution >= 0.6 is 11.8 Å². The Kier molecular flexibility index (Phi) is 4.56. The van der Waals surface area contributed by atoms with Gasteiger partial charge in [0.1, 0.15) is 11.6 Å². The van der Waals surface area contributed by atoms with Crippen LogP contribution in [0.2, 0.25) is 0 Å². The van der Waals surface area contributed by atoms with Crippen LogP contribution in [-0.2, 0) is 0 Å². The predicted octanol–water partition coefficient (Wildman–Crippen LogP) is 4.53. The lowest BCUT2D eigenvalue weighted by atomic mass is 10.1. The largest absolute Gasteiger partial charge is 0.324 e. The van der Waals surface area contributed by atoms with E-state index in [9.17, 15) is 8.78 Å². The van der Waals surface area contributed by atoms with Crippen molar-refractivity contribution in [2.75, 3.05) is 0 Å². The van der Waals surface area contributed by atoms with Gasteiger partial charge in [0.15, 0.2) is 0 Å². The normalized spacial score (nSPS) is 12.4. The number of hydrogen-bond acceptors (Lipinski definition) is 2. The molecule has 0 aromatic heterocycles. The van der Waals surface area contributed by atoms with Crippen LogP contribution in [0.5, 0.6) is 0 Å². The zero-order valence-corrected chi connectivity index (χ0v) is 11.4. The first-order chi connectivity index (χ1) is 9.10. The molecule has 2 rings (SSSR count). The van der Waals surface area contributed by atoms with Crippen molar-refractivity contribution < 1.29 is 8.78 Å². The van der Waals surface area contributed by atoms with Crippen molar-refractivity contribution in [2.24, 2.45) is 5.73 Å². The Balaban J connectivity index is 2.15. The Labute approximate surface area is 115 Å². The highest BCUT2D eigenvalue weighted by Gasteiger charge is 2.07. The van der Waals surface area contributed by atoms with Gasteiger partial charge in [-0.05, 0) is 36.2 Å². The van der Waals surface area contributed by atoms with E-state index in [4.69, 9.17) is 5.73 Å². The minimum absolute atomic E-state index is 0.0293. The molecule has 2 aromatic carbocycles. The van der Waals surface area contributed by atoms with E-state index in [2.05, 4.69) is 0 Å². The van der Waals surface area contributed by atoms with Crippen LogP contribution in [-0.4, -0.2) is 0 Å². The Bertz CT molecular complexity index is 555. The first-order valence-electron chi connectivity index (χ1n) is 6.08. The third-order valence-electron chi connectivity index (χ3n) is 2.87. The van der Waals surface area contributed by atoms with Gasteiger partial charge < -0.3 is 5.73 Å². The van der Waals surface area contributed by atoms with Gasteiger partial charge in [-0.2, -0.15) is 0 Å². The number of nitrogens with two attached hydrogens (primary N) is 1. The van der Waals surface area contributed by atoms with E-state index in [0.29, 0.717) is 4.90 Å². The van der Waals surface area contributed by atoms with Crippen LogP contribution < -0.4 is 5.73 Å². The standard InChI is InChI=1S/C15H15F2NS/c1-2-14(18)10-3-6-12(7-4-10)19-15-8-5-11(16)9-13(15)17/h3-9,14H,2,18H2,1H3/t14-/m0/s1. The minimum atomic E-state index is -0.564. The van der Waals surface area contributed by atoms with Crippen LogP contribution in [0.1, 0.15) is 24.9 Å². The van der Waals surface area contributed by atoms with Crippen molar-refractivity contribution in [1.82, 2.24) is 0 Å². The maximum atomic E-state index is 13.5. The van der Waals surface area contributed by atoms with Gasteiger partial charge in [-0.3, -0.25) is 0 Å². The smallest absolute Gasteiger partial charge is 0.140 e. The maximum Gasteiger partial charge on any atom is 0.140 e. The van der Waals surface area contributed by atoms with Crippen molar-refractivity contribution in [3.8, 4) is 0 Å². The highest BCUT2D eigenvalue weighted by atomic mass is 32.2. The summed E-state index contributed by atoms with van der Waals surface area (Å²) in [6.07, 6.45) is 0.874. The lowest BCUT2D eigenvalue weighted by molar-refractivity contribution is 0.565. The molecule has 0 aliphatic carbocycles. The highest BCUT2D eigenvalue weighted by molar-refractivity contribution is 7.99. The summed E-state index contributed by atoms with van der Waals surface area (Å²) in [5.41, 5.74) is 6.99. The SMILES string of the molecule is CC[C@H](N)c1ccc(Sc2ccc(F)cc2F)cc1. The lowest BCUT2D eigenvalue weighted by Gasteiger charge is -2.10. The van der Waals surface area contributed by atoms with Crippen molar-refractivity contribution in [3.63, 3.8) is 0 Å². The molecule has 0 amide bonds. The fourth-order valence-electron chi connectivity index (χ4n) is 1.70. The van der Waals surface area contributed by atoms with Gasteiger partial charge in [0, 0.05) is 21.9 Å². The Hall–Kier alpha value is -1.39. The van der Waals surface area contributed by atoms with E-state index in [-0.39, 0.29) is 6.04 Å². The summed E-state index contributed by atoms with van der Waals surface area (Å²) in [6, 6.07) is 11.3. The van der Waals surface area contributed by atoms with Gasteiger partial charge in [0.25, 0.3) is 0 Å². The molecule has 0 fully saturated rings. The van der Waals surface area contributed by atoms with Gasteiger partial charge in [0.05, 0.1) is 0 Å². The van der Waals surface area contributed by atoms with Gasteiger partial charge in [-0.15, -0.1) is 0 Å². The molecular weight excluding hydrogens is 264 g/mol. The average Bonchev–Trinajstić information content (AvgIpc) is 2.42. The van der Waals surface area contributed by atoms with Gasteiger partial charge in [0.2, 0.25) is 0 Å². The summed E-state index contributed by atoms with van der Waals surface area (Å²) in [5.74, 6) is -1.11. The molecule has 19 heavy (non-hydrogen) atoms. The van der Waals surface area contributed by atoms with E-state index in [1.807, 2.05) is 31.2 Å². The zero-order chi connectivity index (χ0) is 13.8. The summed E-state index contributed by atoms with van der Waals surface area (Å²) < 4.78 is 26.3. The summed E-state index contributed by atoms with van der Waals surface area (Å²) in [5, 5.41) is 0. The zero-order valence-electron chi connectivity index (χ0n) is 10.6. The Morgan fingerprint density at radius 3 is 2.37 bits per heavy atom. The van der Waals surface area contributed by atoms with E-state index >= 15 is 0 Å². The Morgan fingerprint density at radius 1 is 1.11 bits per heavy atom.